The Balaban J connectivity index is 2.48. The molecule has 5 nitrogen and oxygen atoms in total. The third kappa shape index (κ3) is 4.99. The van der Waals surface area contributed by atoms with Crippen LogP contribution in [0.5, 0.6) is 0 Å². The van der Waals surface area contributed by atoms with Gasteiger partial charge in [-0.3, -0.25) is 9.59 Å². The molecule has 2 N–H and O–H groups in total. The minimum Gasteiger partial charge on any atom is -0.376 e. The first-order valence-electron chi connectivity index (χ1n) is 6.39. The van der Waals surface area contributed by atoms with Crippen molar-refractivity contribution >= 4 is 23.2 Å². The van der Waals surface area contributed by atoms with Gasteiger partial charge in [-0.15, -0.1) is 0 Å². The Morgan fingerprint density at radius 2 is 1.84 bits per heavy atom. The molecule has 0 unspecified atom stereocenters. The first-order valence-corrected chi connectivity index (χ1v) is 6.39. The summed E-state index contributed by atoms with van der Waals surface area (Å²) in [6.45, 7) is 4.48. The zero-order chi connectivity index (χ0) is 14.3. The topological polar surface area (TPSA) is 61.4 Å². The van der Waals surface area contributed by atoms with Crippen molar-refractivity contribution in [1.82, 2.24) is 5.32 Å². The Morgan fingerprint density at radius 1 is 1.21 bits per heavy atom. The van der Waals surface area contributed by atoms with Gasteiger partial charge in [0.15, 0.2) is 0 Å². The summed E-state index contributed by atoms with van der Waals surface area (Å²) in [6, 6.07) is 7.38. The molecule has 2 amide bonds. The lowest BCUT2D eigenvalue weighted by atomic mass is 10.2. The van der Waals surface area contributed by atoms with Crippen LogP contribution in [0.25, 0.3) is 0 Å². The molecule has 0 radical (unpaired) electrons. The molecule has 1 aromatic carbocycles. The van der Waals surface area contributed by atoms with E-state index in [9.17, 15) is 9.59 Å². The highest BCUT2D eigenvalue weighted by Crippen LogP contribution is 2.16. The molecule has 1 rings (SSSR count). The molecule has 0 aliphatic rings. The molecule has 0 bridgehead atoms. The number of benzene rings is 1. The van der Waals surface area contributed by atoms with Gasteiger partial charge in [0, 0.05) is 31.9 Å². The number of amides is 2. The van der Waals surface area contributed by atoms with E-state index in [-0.39, 0.29) is 18.4 Å². The molecule has 19 heavy (non-hydrogen) atoms. The predicted molar refractivity (Wildman–Crippen MR) is 77.3 cm³/mol. The van der Waals surface area contributed by atoms with Crippen molar-refractivity contribution in [2.24, 2.45) is 0 Å². The molecule has 0 aliphatic heterocycles. The number of anilines is 2. The van der Waals surface area contributed by atoms with Crippen molar-refractivity contribution in [3.63, 3.8) is 0 Å². The number of hydrogen-bond donors (Lipinski definition) is 2. The zero-order valence-electron chi connectivity index (χ0n) is 11.7. The molecule has 0 saturated carbocycles. The fourth-order valence-corrected chi connectivity index (χ4v) is 1.49. The maximum absolute atomic E-state index is 11.4. The predicted octanol–water partition coefficient (Wildman–Crippen LogP) is 1.61. The highest BCUT2D eigenvalue weighted by molar-refractivity contribution is 5.91. The van der Waals surface area contributed by atoms with Gasteiger partial charge in [-0.25, -0.2) is 0 Å². The number of nitrogens with zero attached hydrogens (tertiary/aromatic N) is 1. The lowest BCUT2D eigenvalue weighted by Gasteiger charge is -2.15. The Hall–Kier alpha value is -2.04. The number of hydrogen-bond acceptors (Lipinski definition) is 3. The smallest absolute Gasteiger partial charge is 0.239 e. The van der Waals surface area contributed by atoms with E-state index in [4.69, 9.17) is 0 Å². The molecule has 104 valence electrons. The molecule has 0 spiro atoms. The average Bonchev–Trinajstić information content (AvgIpc) is 2.42. The molecule has 5 heteroatoms. The van der Waals surface area contributed by atoms with Gasteiger partial charge in [0.2, 0.25) is 11.8 Å². The van der Waals surface area contributed by atoms with Crippen LogP contribution in [0.15, 0.2) is 24.3 Å². The van der Waals surface area contributed by atoms with Crippen molar-refractivity contribution in [2.75, 3.05) is 30.4 Å². The van der Waals surface area contributed by atoms with E-state index in [1.807, 2.05) is 31.2 Å². The fraction of sp³-hybridized carbons (Fsp3) is 0.429. The zero-order valence-corrected chi connectivity index (χ0v) is 11.7. The first kappa shape index (κ1) is 15.0. The molecule has 0 heterocycles. The van der Waals surface area contributed by atoms with Gasteiger partial charge in [-0.2, -0.15) is 0 Å². The molecule has 0 saturated heterocycles. The summed E-state index contributed by atoms with van der Waals surface area (Å²) in [6.07, 6.45) is 0.928. The normalized spacial score (nSPS) is 9.84. The summed E-state index contributed by atoms with van der Waals surface area (Å²) in [4.78, 5) is 24.2. The van der Waals surface area contributed by atoms with E-state index in [0.29, 0.717) is 6.54 Å². The molecular weight excluding hydrogens is 242 g/mol. The van der Waals surface area contributed by atoms with Crippen LogP contribution in [-0.2, 0) is 9.59 Å². The highest BCUT2D eigenvalue weighted by atomic mass is 16.2. The van der Waals surface area contributed by atoms with E-state index in [1.165, 1.54) is 6.92 Å². The van der Waals surface area contributed by atoms with Gasteiger partial charge >= 0.3 is 0 Å². The maximum atomic E-state index is 11.4. The molecule has 0 aliphatic carbocycles. The summed E-state index contributed by atoms with van der Waals surface area (Å²) in [5.74, 6) is -0.0357. The van der Waals surface area contributed by atoms with Gasteiger partial charge < -0.3 is 15.5 Å². The minimum absolute atomic E-state index is 0.0142. The van der Waals surface area contributed by atoms with Crippen LogP contribution in [0.3, 0.4) is 0 Å². The highest BCUT2D eigenvalue weighted by Gasteiger charge is 2.05. The second-order valence-corrected chi connectivity index (χ2v) is 4.33. The van der Waals surface area contributed by atoms with E-state index >= 15 is 0 Å². The second kappa shape index (κ2) is 7.41. The Bertz CT molecular complexity index is 429. The van der Waals surface area contributed by atoms with E-state index in [1.54, 1.807) is 11.9 Å². The Labute approximate surface area is 114 Å². The quantitative estimate of drug-likeness (QED) is 0.819. The van der Waals surface area contributed by atoms with E-state index in [2.05, 4.69) is 10.6 Å². The Kier molecular flexibility index (Phi) is 5.85. The van der Waals surface area contributed by atoms with Gasteiger partial charge in [-0.1, -0.05) is 6.92 Å². The average molecular weight is 263 g/mol. The number of carbonyl (C=O) groups is 2. The van der Waals surface area contributed by atoms with Gasteiger partial charge in [0.25, 0.3) is 0 Å². The largest absolute Gasteiger partial charge is 0.376 e. The standard InChI is InChI=1S/C14H21N3O2/c1-4-9-15-14(19)10-16-12-5-7-13(8-6-12)17(3)11(2)18/h5-8,16H,4,9-10H2,1-3H3,(H,15,19). The van der Waals surface area contributed by atoms with Gasteiger partial charge in [0.05, 0.1) is 6.54 Å². The summed E-state index contributed by atoms with van der Waals surface area (Å²) < 4.78 is 0. The lowest BCUT2D eigenvalue weighted by Crippen LogP contribution is -2.30. The van der Waals surface area contributed by atoms with Crippen LogP contribution < -0.4 is 15.5 Å². The first-order chi connectivity index (χ1) is 9.04. The molecule has 1 aromatic rings. The van der Waals surface area contributed by atoms with Crippen LogP contribution in [0.1, 0.15) is 20.3 Å². The minimum atomic E-state index is -0.0215. The van der Waals surface area contributed by atoms with Crippen molar-refractivity contribution in [3.05, 3.63) is 24.3 Å². The Morgan fingerprint density at radius 3 is 2.37 bits per heavy atom. The summed E-state index contributed by atoms with van der Waals surface area (Å²) in [5.41, 5.74) is 1.68. The van der Waals surface area contributed by atoms with Crippen molar-refractivity contribution in [1.29, 1.82) is 0 Å². The molecule has 0 atom stereocenters. The van der Waals surface area contributed by atoms with E-state index in [0.717, 1.165) is 17.8 Å². The van der Waals surface area contributed by atoms with Crippen LogP contribution in [0, 0.1) is 0 Å². The SMILES string of the molecule is CCCNC(=O)CNc1ccc(N(C)C(C)=O)cc1. The number of rotatable bonds is 6. The second-order valence-electron chi connectivity index (χ2n) is 4.33. The third-order valence-corrected chi connectivity index (χ3v) is 2.75. The maximum Gasteiger partial charge on any atom is 0.239 e. The number of nitrogens with one attached hydrogen (secondary N) is 2. The van der Waals surface area contributed by atoms with Crippen LogP contribution in [-0.4, -0.2) is 32.0 Å². The van der Waals surface area contributed by atoms with Crippen LogP contribution in [0.2, 0.25) is 0 Å². The fourth-order valence-electron chi connectivity index (χ4n) is 1.49. The van der Waals surface area contributed by atoms with Crippen molar-refractivity contribution < 1.29 is 9.59 Å². The molecular formula is C14H21N3O2. The molecule has 0 aromatic heterocycles. The summed E-state index contributed by atoms with van der Waals surface area (Å²) >= 11 is 0. The van der Waals surface area contributed by atoms with Crippen LogP contribution in [0.4, 0.5) is 11.4 Å². The van der Waals surface area contributed by atoms with Crippen molar-refractivity contribution in [3.8, 4) is 0 Å². The van der Waals surface area contributed by atoms with Gasteiger partial charge in [-0.05, 0) is 30.7 Å². The summed E-state index contributed by atoms with van der Waals surface area (Å²) in [5, 5.41) is 5.83. The lowest BCUT2D eigenvalue weighted by molar-refractivity contribution is -0.119. The van der Waals surface area contributed by atoms with E-state index < -0.39 is 0 Å². The monoisotopic (exact) mass is 263 g/mol. The van der Waals surface area contributed by atoms with Gasteiger partial charge in [0.1, 0.15) is 0 Å². The number of carbonyl (C=O) groups excluding carboxylic acids is 2. The van der Waals surface area contributed by atoms with Crippen molar-refractivity contribution in [2.45, 2.75) is 20.3 Å². The van der Waals surface area contributed by atoms with Crippen LogP contribution >= 0.6 is 0 Å². The summed E-state index contributed by atoms with van der Waals surface area (Å²) in [7, 11) is 1.73. The third-order valence-electron chi connectivity index (χ3n) is 2.75. The molecule has 0 fully saturated rings.